The molecule has 110 valence electrons. The van der Waals surface area contributed by atoms with Crippen LogP contribution in [0.4, 0.5) is 0 Å². The smallest absolute Gasteiger partial charge is 0.258 e. The molecule has 0 aromatic carbocycles. The van der Waals surface area contributed by atoms with E-state index in [9.17, 15) is 8.42 Å². The van der Waals surface area contributed by atoms with E-state index in [0.29, 0.717) is 6.42 Å². The standard InChI is InChI=1S/C12H17N3O3S2/c1-2-4-10(11-5-3-6-19-11)15-20(17,18)12-9(8-16)7-13-14-12/h3,5-7,10,15-16H,2,4,8H2,1H3,(H,13,14). The lowest BCUT2D eigenvalue weighted by molar-refractivity contribution is 0.278. The van der Waals surface area contributed by atoms with Crippen molar-refractivity contribution >= 4 is 21.4 Å². The minimum atomic E-state index is -3.73. The Morgan fingerprint density at radius 1 is 1.55 bits per heavy atom. The molecule has 0 saturated carbocycles. The van der Waals surface area contributed by atoms with Crippen molar-refractivity contribution in [3.63, 3.8) is 0 Å². The molecule has 1 unspecified atom stereocenters. The predicted molar refractivity (Wildman–Crippen MR) is 76.8 cm³/mol. The maximum absolute atomic E-state index is 12.4. The summed E-state index contributed by atoms with van der Waals surface area (Å²) in [6, 6.07) is 3.54. The summed E-state index contributed by atoms with van der Waals surface area (Å²) in [4.78, 5) is 0.973. The highest BCUT2D eigenvalue weighted by Gasteiger charge is 2.25. The van der Waals surface area contributed by atoms with Gasteiger partial charge in [-0.05, 0) is 17.9 Å². The van der Waals surface area contributed by atoms with Crippen LogP contribution in [0.1, 0.15) is 36.2 Å². The number of aromatic amines is 1. The summed E-state index contributed by atoms with van der Waals surface area (Å²) in [5.41, 5.74) is 0.263. The van der Waals surface area contributed by atoms with Gasteiger partial charge in [0.25, 0.3) is 10.0 Å². The van der Waals surface area contributed by atoms with Crippen LogP contribution in [0.5, 0.6) is 0 Å². The van der Waals surface area contributed by atoms with Crippen molar-refractivity contribution in [2.45, 2.75) is 37.4 Å². The molecular weight excluding hydrogens is 298 g/mol. The Hall–Kier alpha value is -1.22. The van der Waals surface area contributed by atoms with Crippen LogP contribution in [0, 0.1) is 0 Å². The second-order valence-electron chi connectivity index (χ2n) is 4.36. The van der Waals surface area contributed by atoms with Gasteiger partial charge in [-0.3, -0.25) is 5.10 Å². The van der Waals surface area contributed by atoms with Crippen molar-refractivity contribution in [1.82, 2.24) is 14.9 Å². The second kappa shape index (κ2) is 6.49. The van der Waals surface area contributed by atoms with E-state index in [1.165, 1.54) is 17.5 Å². The fourth-order valence-electron chi connectivity index (χ4n) is 1.93. The van der Waals surface area contributed by atoms with E-state index in [2.05, 4.69) is 14.9 Å². The molecule has 3 N–H and O–H groups in total. The fraction of sp³-hybridized carbons (Fsp3) is 0.417. The maximum Gasteiger partial charge on any atom is 0.258 e. The molecule has 0 bridgehead atoms. The van der Waals surface area contributed by atoms with Gasteiger partial charge in [-0.2, -0.15) is 5.10 Å². The van der Waals surface area contributed by atoms with Crippen molar-refractivity contribution in [1.29, 1.82) is 0 Å². The number of thiophene rings is 1. The van der Waals surface area contributed by atoms with Crippen LogP contribution >= 0.6 is 11.3 Å². The first-order chi connectivity index (χ1) is 9.58. The Bertz CT molecular complexity index is 635. The highest BCUT2D eigenvalue weighted by Crippen LogP contribution is 2.25. The summed E-state index contributed by atoms with van der Waals surface area (Å²) in [6.45, 7) is 1.63. The number of aliphatic hydroxyl groups is 1. The Labute approximate surface area is 121 Å². The molecule has 6 nitrogen and oxygen atoms in total. The number of rotatable bonds is 7. The summed E-state index contributed by atoms with van der Waals surface area (Å²) in [5, 5.41) is 17.1. The number of hydrogen-bond acceptors (Lipinski definition) is 5. The molecule has 2 aromatic rings. The zero-order chi connectivity index (χ0) is 14.6. The molecule has 0 amide bonds. The second-order valence-corrected chi connectivity index (χ2v) is 6.99. The Morgan fingerprint density at radius 2 is 2.35 bits per heavy atom. The first kappa shape index (κ1) is 15.2. The summed E-state index contributed by atoms with van der Waals surface area (Å²) >= 11 is 1.52. The van der Waals surface area contributed by atoms with Gasteiger partial charge in [0, 0.05) is 10.4 Å². The van der Waals surface area contributed by atoms with Crippen LogP contribution in [0.2, 0.25) is 0 Å². The summed E-state index contributed by atoms with van der Waals surface area (Å²) in [5.74, 6) is 0. The van der Waals surface area contributed by atoms with E-state index in [1.807, 2.05) is 24.4 Å². The molecule has 0 radical (unpaired) electrons. The summed E-state index contributed by atoms with van der Waals surface area (Å²) < 4.78 is 27.4. The van der Waals surface area contributed by atoms with Gasteiger partial charge in [-0.15, -0.1) is 11.3 Å². The SMILES string of the molecule is CCCC(NS(=O)(=O)c1[nH]ncc1CO)c1cccs1. The molecule has 2 rings (SSSR count). The van der Waals surface area contributed by atoms with Gasteiger partial charge in [0.05, 0.1) is 18.8 Å². The molecular formula is C12H17N3O3S2. The first-order valence-electron chi connectivity index (χ1n) is 6.27. The van der Waals surface area contributed by atoms with Crippen molar-refractivity contribution in [2.24, 2.45) is 0 Å². The largest absolute Gasteiger partial charge is 0.392 e. The van der Waals surface area contributed by atoms with Gasteiger partial charge in [0.1, 0.15) is 0 Å². The van der Waals surface area contributed by atoms with E-state index >= 15 is 0 Å². The van der Waals surface area contributed by atoms with Gasteiger partial charge in [-0.25, -0.2) is 13.1 Å². The molecule has 1 atom stereocenters. The average molecular weight is 315 g/mol. The van der Waals surface area contributed by atoms with E-state index in [1.54, 1.807) is 0 Å². The topological polar surface area (TPSA) is 95.1 Å². The summed E-state index contributed by atoms with van der Waals surface area (Å²) in [6.07, 6.45) is 2.89. The van der Waals surface area contributed by atoms with Crippen LogP contribution < -0.4 is 4.72 Å². The minimum Gasteiger partial charge on any atom is -0.392 e. The number of aromatic nitrogens is 2. The highest BCUT2D eigenvalue weighted by atomic mass is 32.2. The van der Waals surface area contributed by atoms with Crippen LogP contribution in [-0.4, -0.2) is 23.7 Å². The molecule has 0 fully saturated rings. The molecule has 0 saturated heterocycles. The minimum absolute atomic E-state index is 0.0716. The average Bonchev–Trinajstić information content (AvgIpc) is 3.09. The molecule has 0 aliphatic heterocycles. The Morgan fingerprint density at radius 3 is 2.95 bits per heavy atom. The van der Waals surface area contributed by atoms with Crippen molar-refractivity contribution in [3.05, 3.63) is 34.2 Å². The van der Waals surface area contributed by atoms with E-state index in [-0.39, 0.29) is 23.2 Å². The zero-order valence-electron chi connectivity index (χ0n) is 11.0. The molecule has 8 heteroatoms. The lowest BCUT2D eigenvalue weighted by Crippen LogP contribution is -2.29. The monoisotopic (exact) mass is 315 g/mol. The molecule has 0 aliphatic rings. The fourth-order valence-corrected chi connectivity index (χ4v) is 4.19. The highest BCUT2D eigenvalue weighted by molar-refractivity contribution is 7.89. The number of hydrogen-bond donors (Lipinski definition) is 3. The Kier molecular flexibility index (Phi) is 4.92. The first-order valence-corrected chi connectivity index (χ1v) is 8.63. The zero-order valence-corrected chi connectivity index (χ0v) is 12.7. The Balaban J connectivity index is 2.26. The quantitative estimate of drug-likeness (QED) is 0.726. The third-order valence-electron chi connectivity index (χ3n) is 2.88. The number of nitrogens with one attached hydrogen (secondary N) is 2. The normalized spacial score (nSPS) is 13.5. The lowest BCUT2D eigenvalue weighted by atomic mass is 10.1. The van der Waals surface area contributed by atoms with E-state index < -0.39 is 10.0 Å². The molecule has 0 spiro atoms. The predicted octanol–water partition coefficient (Wildman–Crippen LogP) is 1.78. The van der Waals surface area contributed by atoms with Crippen LogP contribution in [0.15, 0.2) is 28.7 Å². The molecule has 2 heterocycles. The van der Waals surface area contributed by atoms with Crippen molar-refractivity contribution < 1.29 is 13.5 Å². The lowest BCUT2D eigenvalue weighted by Gasteiger charge is -2.16. The van der Waals surface area contributed by atoms with Gasteiger partial charge in [0.2, 0.25) is 0 Å². The van der Waals surface area contributed by atoms with Gasteiger partial charge in [-0.1, -0.05) is 19.4 Å². The molecule has 0 aliphatic carbocycles. The van der Waals surface area contributed by atoms with Crippen molar-refractivity contribution in [2.75, 3.05) is 0 Å². The maximum atomic E-state index is 12.4. The summed E-state index contributed by atoms with van der Waals surface area (Å²) in [7, 11) is -3.73. The number of sulfonamides is 1. The van der Waals surface area contributed by atoms with Crippen molar-refractivity contribution in [3.8, 4) is 0 Å². The number of aliphatic hydroxyl groups excluding tert-OH is 1. The van der Waals surface area contributed by atoms with Gasteiger partial charge in [0.15, 0.2) is 5.03 Å². The molecule has 20 heavy (non-hydrogen) atoms. The van der Waals surface area contributed by atoms with Crippen LogP contribution in [0.3, 0.4) is 0 Å². The third-order valence-corrected chi connectivity index (χ3v) is 5.35. The molecule has 2 aromatic heterocycles. The van der Waals surface area contributed by atoms with Crippen LogP contribution in [-0.2, 0) is 16.6 Å². The third kappa shape index (κ3) is 3.26. The van der Waals surface area contributed by atoms with E-state index in [4.69, 9.17) is 5.11 Å². The number of nitrogens with zero attached hydrogens (tertiary/aromatic N) is 1. The van der Waals surface area contributed by atoms with Gasteiger partial charge < -0.3 is 5.11 Å². The number of H-pyrrole nitrogens is 1. The van der Waals surface area contributed by atoms with Crippen LogP contribution in [0.25, 0.3) is 0 Å². The van der Waals surface area contributed by atoms with E-state index in [0.717, 1.165) is 11.3 Å². The van der Waals surface area contributed by atoms with Gasteiger partial charge >= 0.3 is 0 Å².